The Hall–Kier alpha value is -0.550. The molecule has 5 heteroatoms. The van der Waals surface area contributed by atoms with Crippen LogP contribution in [0.4, 0.5) is 0 Å². The standard InChI is InChI=1S/C8H8Br2N2O/c1-13-8-5(4-12-11)2-6(9)3-7(8)10/h2-4H,11H2,1H3/b12-4-. The molecule has 0 aliphatic carbocycles. The zero-order valence-corrected chi connectivity index (χ0v) is 10.1. The molecule has 13 heavy (non-hydrogen) atoms. The number of halogens is 2. The number of nitrogens with zero attached hydrogens (tertiary/aromatic N) is 1. The van der Waals surface area contributed by atoms with Crippen LogP contribution in [-0.2, 0) is 0 Å². The maximum absolute atomic E-state index is 5.17. The summed E-state index contributed by atoms with van der Waals surface area (Å²) in [6, 6.07) is 3.77. The van der Waals surface area contributed by atoms with E-state index < -0.39 is 0 Å². The third-order valence-electron chi connectivity index (χ3n) is 1.45. The summed E-state index contributed by atoms with van der Waals surface area (Å²) in [7, 11) is 1.60. The molecular weight excluding hydrogens is 300 g/mol. The Kier molecular flexibility index (Phi) is 3.74. The molecule has 0 fully saturated rings. The van der Waals surface area contributed by atoms with Gasteiger partial charge in [-0.3, -0.25) is 0 Å². The van der Waals surface area contributed by atoms with Gasteiger partial charge >= 0.3 is 0 Å². The van der Waals surface area contributed by atoms with Crippen molar-refractivity contribution < 1.29 is 4.74 Å². The lowest BCUT2D eigenvalue weighted by molar-refractivity contribution is 0.411. The number of hydrogen-bond acceptors (Lipinski definition) is 3. The highest BCUT2D eigenvalue weighted by Crippen LogP contribution is 2.31. The number of ether oxygens (including phenoxy) is 1. The van der Waals surface area contributed by atoms with Gasteiger partial charge in [0, 0.05) is 10.0 Å². The summed E-state index contributed by atoms with van der Waals surface area (Å²) in [5.41, 5.74) is 0.825. The molecule has 0 aliphatic heterocycles. The van der Waals surface area contributed by atoms with Gasteiger partial charge in [0.05, 0.1) is 17.8 Å². The van der Waals surface area contributed by atoms with E-state index in [2.05, 4.69) is 37.0 Å². The van der Waals surface area contributed by atoms with Crippen molar-refractivity contribution in [1.29, 1.82) is 0 Å². The minimum atomic E-state index is 0.720. The van der Waals surface area contributed by atoms with Crippen molar-refractivity contribution in [3.8, 4) is 5.75 Å². The van der Waals surface area contributed by atoms with Crippen molar-refractivity contribution in [2.24, 2.45) is 10.9 Å². The van der Waals surface area contributed by atoms with Crippen LogP contribution >= 0.6 is 31.9 Å². The van der Waals surface area contributed by atoms with Gasteiger partial charge < -0.3 is 10.6 Å². The van der Waals surface area contributed by atoms with Crippen molar-refractivity contribution >= 4 is 38.1 Å². The van der Waals surface area contributed by atoms with Crippen LogP contribution in [0.25, 0.3) is 0 Å². The van der Waals surface area contributed by atoms with E-state index in [1.54, 1.807) is 7.11 Å². The van der Waals surface area contributed by atoms with Gasteiger partial charge in [-0.05, 0) is 28.1 Å². The van der Waals surface area contributed by atoms with Crippen LogP contribution in [0, 0.1) is 0 Å². The first-order valence-electron chi connectivity index (χ1n) is 3.45. The molecule has 0 atom stereocenters. The zero-order valence-electron chi connectivity index (χ0n) is 6.92. The second kappa shape index (κ2) is 4.62. The van der Waals surface area contributed by atoms with Gasteiger partial charge in [-0.25, -0.2) is 0 Å². The van der Waals surface area contributed by atoms with Crippen molar-refractivity contribution in [2.75, 3.05) is 7.11 Å². The predicted molar refractivity (Wildman–Crippen MR) is 60.2 cm³/mol. The van der Waals surface area contributed by atoms with Gasteiger partial charge in [0.1, 0.15) is 5.75 Å². The molecule has 0 heterocycles. The fraction of sp³-hybridized carbons (Fsp3) is 0.125. The number of hydrazone groups is 1. The monoisotopic (exact) mass is 306 g/mol. The second-order valence-corrected chi connectivity index (χ2v) is 4.06. The number of nitrogens with two attached hydrogens (primary N) is 1. The molecular formula is C8H8Br2N2O. The topological polar surface area (TPSA) is 47.6 Å². The summed E-state index contributed by atoms with van der Waals surface area (Å²) in [4.78, 5) is 0. The minimum absolute atomic E-state index is 0.720. The highest BCUT2D eigenvalue weighted by atomic mass is 79.9. The first-order chi connectivity index (χ1) is 6.19. The molecule has 0 unspecified atom stereocenters. The minimum Gasteiger partial charge on any atom is -0.495 e. The molecule has 1 aromatic carbocycles. The summed E-state index contributed by atoms with van der Waals surface area (Å²) in [5, 5.41) is 3.45. The summed E-state index contributed by atoms with van der Waals surface area (Å²) < 4.78 is 6.97. The fourth-order valence-corrected chi connectivity index (χ4v) is 2.39. The van der Waals surface area contributed by atoms with Gasteiger partial charge in [0.25, 0.3) is 0 Å². The van der Waals surface area contributed by atoms with Gasteiger partial charge in [-0.15, -0.1) is 0 Å². The van der Waals surface area contributed by atoms with Crippen LogP contribution in [0.5, 0.6) is 5.75 Å². The van der Waals surface area contributed by atoms with Crippen molar-refractivity contribution in [1.82, 2.24) is 0 Å². The quantitative estimate of drug-likeness (QED) is 0.518. The SMILES string of the molecule is COc1c(Br)cc(Br)cc1/C=N\N. The van der Waals surface area contributed by atoms with E-state index in [0.717, 1.165) is 20.3 Å². The molecule has 0 amide bonds. The van der Waals surface area contributed by atoms with E-state index in [1.807, 2.05) is 12.1 Å². The van der Waals surface area contributed by atoms with Crippen LogP contribution in [0.15, 0.2) is 26.2 Å². The van der Waals surface area contributed by atoms with E-state index >= 15 is 0 Å². The molecule has 2 N–H and O–H groups in total. The molecule has 0 aromatic heterocycles. The van der Waals surface area contributed by atoms with E-state index in [4.69, 9.17) is 10.6 Å². The molecule has 0 saturated carbocycles. The Bertz CT molecular complexity index is 339. The Morgan fingerprint density at radius 2 is 2.15 bits per heavy atom. The molecule has 0 bridgehead atoms. The van der Waals surface area contributed by atoms with Crippen LogP contribution in [0.3, 0.4) is 0 Å². The lowest BCUT2D eigenvalue weighted by Gasteiger charge is -2.07. The Labute approximate surface area is 93.2 Å². The Balaban J connectivity index is 3.29. The van der Waals surface area contributed by atoms with E-state index in [-0.39, 0.29) is 0 Å². The molecule has 70 valence electrons. The first-order valence-corrected chi connectivity index (χ1v) is 5.04. The number of hydrogen-bond donors (Lipinski definition) is 1. The van der Waals surface area contributed by atoms with Crippen molar-refractivity contribution in [3.05, 3.63) is 26.6 Å². The smallest absolute Gasteiger partial charge is 0.141 e. The first kappa shape index (κ1) is 10.5. The molecule has 0 aliphatic rings. The van der Waals surface area contributed by atoms with Gasteiger partial charge in [-0.2, -0.15) is 5.10 Å². The van der Waals surface area contributed by atoms with Crippen LogP contribution in [0.2, 0.25) is 0 Å². The molecule has 0 radical (unpaired) electrons. The van der Waals surface area contributed by atoms with Crippen molar-refractivity contribution in [2.45, 2.75) is 0 Å². The molecule has 1 aromatic rings. The van der Waals surface area contributed by atoms with E-state index in [1.165, 1.54) is 6.21 Å². The van der Waals surface area contributed by atoms with Gasteiger partial charge in [0.2, 0.25) is 0 Å². The fourth-order valence-electron chi connectivity index (χ4n) is 0.972. The van der Waals surface area contributed by atoms with E-state index in [9.17, 15) is 0 Å². The van der Waals surface area contributed by atoms with E-state index in [0.29, 0.717) is 0 Å². The van der Waals surface area contributed by atoms with Crippen LogP contribution in [-0.4, -0.2) is 13.3 Å². The normalized spacial score (nSPS) is 10.7. The maximum Gasteiger partial charge on any atom is 0.141 e. The highest BCUT2D eigenvalue weighted by molar-refractivity contribution is 9.11. The third-order valence-corrected chi connectivity index (χ3v) is 2.50. The molecule has 0 saturated heterocycles. The van der Waals surface area contributed by atoms with Crippen molar-refractivity contribution in [3.63, 3.8) is 0 Å². The zero-order chi connectivity index (χ0) is 9.84. The lowest BCUT2D eigenvalue weighted by atomic mass is 10.2. The number of benzene rings is 1. The average molecular weight is 308 g/mol. The highest BCUT2D eigenvalue weighted by Gasteiger charge is 2.06. The molecule has 1 rings (SSSR count). The maximum atomic E-state index is 5.17. The largest absolute Gasteiger partial charge is 0.495 e. The average Bonchev–Trinajstić information content (AvgIpc) is 2.04. The lowest BCUT2D eigenvalue weighted by Crippen LogP contribution is -1.94. The van der Waals surface area contributed by atoms with Gasteiger partial charge in [0.15, 0.2) is 0 Å². The van der Waals surface area contributed by atoms with Crippen LogP contribution < -0.4 is 10.6 Å². The Morgan fingerprint density at radius 1 is 1.46 bits per heavy atom. The summed E-state index contributed by atoms with van der Waals surface area (Å²) in [5.74, 6) is 5.79. The second-order valence-electron chi connectivity index (χ2n) is 2.29. The summed E-state index contributed by atoms with van der Waals surface area (Å²) in [6.45, 7) is 0. The van der Waals surface area contributed by atoms with Gasteiger partial charge in [-0.1, -0.05) is 15.9 Å². The number of rotatable bonds is 2. The third kappa shape index (κ3) is 2.45. The Morgan fingerprint density at radius 3 is 2.69 bits per heavy atom. The van der Waals surface area contributed by atoms with Crippen LogP contribution in [0.1, 0.15) is 5.56 Å². The summed E-state index contributed by atoms with van der Waals surface area (Å²) in [6.07, 6.45) is 1.54. The molecule has 3 nitrogen and oxygen atoms in total. The number of methoxy groups -OCH3 is 1. The predicted octanol–water partition coefficient (Wildman–Crippen LogP) is 2.51. The molecule has 0 spiro atoms. The summed E-state index contributed by atoms with van der Waals surface area (Å²) >= 11 is 6.73.